The molecule has 0 saturated carbocycles. The highest BCUT2D eigenvalue weighted by atomic mass is 32.2. The Morgan fingerprint density at radius 2 is 1.81 bits per heavy atom. The largest absolute Gasteiger partial charge is 0.308 e. The Labute approximate surface area is 152 Å². The third-order valence-corrected chi connectivity index (χ3v) is 6.06. The molecule has 3 aromatic rings. The third-order valence-electron chi connectivity index (χ3n) is 4.62. The summed E-state index contributed by atoms with van der Waals surface area (Å²) < 4.78 is 28.6. The first-order chi connectivity index (χ1) is 12.4. The van der Waals surface area contributed by atoms with Gasteiger partial charge in [0.05, 0.1) is 10.6 Å². The number of amides is 1. The maximum absolute atomic E-state index is 13.0. The fourth-order valence-corrected chi connectivity index (χ4v) is 4.74. The van der Waals surface area contributed by atoms with E-state index in [4.69, 9.17) is 0 Å². The highest BCUT2D eigenvalue weighted by molar-refractivity contribution is 7.93. The lowest BCUT2D eigenvalue weighted by Crippen LogP contribution is -2.25. The predicted octanol–water partition coefficient (Wildman–Crippen LogP) is 3.93. The van der Waals surface area contributed by atoms with Gasteiger partial charge in [0.1, 0.15) is 0 Å². The fourth-order valence-electron chi connectivity index (χ4n) is 3.49. The zero-order chi connectivity index (χ0) is 18.5. The average Bonchev–Trinajstić information content (AvgIpc) is 2.88. The second-order valence-electron chi connectivity index (χ2n) is 6.34. The van der Waals surface area contributed by atoms with Crippen molar-refractivity contribution in [2.24, 2.45) is 0 Å². The molecule has 0 unspecified atom stereocenters. The summed E-state index contributed by atoms with van der Waals surface area (Å²) in [6.45, 7) is 4.34. The number of carbonyl (C=O) groups excluding carboxylic acids is 1. The van der Waals surface area contributed by atoms with Gasteiger partial charge in [-0.15, -0.1) is 0 Å². The number of aryl methyl sites for hydroxylation is 1. The number of benzene rings is 3. The molecular weight excluding hydrogens is 348 g/mol. The molecule has 0 radical (unpaired) electrons. The lowest BCUT2D eigenvalue weighted by Gasteiger charge is -2.16. The van der Waals surface area contributed by atoms with Crippen LogP contribution in [0.1, 0.15) is 22.8 Å². The number of hydrogen-bond acceptors (Lipinski definition) is 3. The van der Waals surface area contributed by atoms with Crippen molar-refractivity contribution in [2.75, 3.05) is 16.2 Å². The number of rotatable bonds is 4. The summed E-state index contributed by atoms with van der Waals surface area (Å²) in [5, 5.41) is 1.26. The lowest BCUT2D eigenvalue weighted by atomic mass is 10.1. The van der Waals surface area contributed by atoms with E-state index in [1.54, 1.807) is 53.4 Å². The Kier molecular flexibility index (Phi) is 3.73. The zero-order valence-electron chi connectivity index (χ0n) is 14.5. The molecule has 0 spiro atoms. The molecule has 0 aliphatic carbocycles. The molecule has 1 N–H and O–H groups in total. The van der Waals surface area contributed by atoms with E-state index in [0.717, 1.165) is 11.3 Å². The quantitative estimate of drug-likeness (QED) is 0.761. The minimum absolute atomic E-state index is 0.0886. The van der Waals surface area contributed by atoms with Crippen molar-refractivity contribution in [1.29, 1.82) is 0 Å². The predicted molar refractivity (Wildman–Crippen MR) is 103 cm³/mol. The first-order valence-corrected chi connectivity index (χ1v) is 9.88. The fraction of sp³-hybridized carbons (Fsp3) is 0.150. The molecule has 132 valence electrons. The summed E-state index contributed by atoms with van der Waals surface area (Å²) in [6, 6.07) is 15.7. The van der Waals surface area contributed by atoms with Gasteiger partial charge in [0.15, 0.2) is 0 Å². The van der Waals surface area contributed by atoms with Gasteiger partial charge in [-0.1, -0.05) is 24.3 Å². The number of hydrogen-bond donors (Lipinski definition) is 1. The van der Waals surface area contributed by atoms with E-state index in [2.05, 4.69) is 4.72 Å². The maximum Gasteiger partial charge on any atom is 0.262 e. The molecule has 0 bridgehead atoms. The van der Waals surface area contributed by atoms with Gasteiger partial charge in [-0.2, -0.15) is 0 Å². The molecule has 0 aromatic heterocycles. The Morgan fingerprint density at radius 1 is 1.04 bits per heavy atom. The topological polar surface area (TPSA) is 66.5 Å². The Balaban J connectivity index is 1.89. The minimum Gasteiger partial charge on any atom is -0.308 e. The van der Waals surface area contributed by atoms with Crippen LogP contribution in [0.15, 0.2) is 59.5 Å². The van der Waals surface area contributed by atoms with Crippen molar-refractivity contribution in [3.8, 4) is 0 Å². The van der Waals surface area contributed by atoms with Crippen molar-refractivity contribution in [3.05, 3.63) is 65.7 Å². The van der Waals surface area contributed by atoms with Crippen LogP contribution in [-0.4, -0.2) is 20.9 Å². The molecule has 4 rings (SSSR count). The van der Waals surface area contributed by atoms with Gasteiger partial charge in [-0.05, 0) is 49.7 Å². The summed E-state index contributed by atoms with van der Waals surface area (Å²) >= 11 is 0. The Hall–Kier alpha value is -2.86. The monoisotopic (exact) mass is 366 g/mol. The van der Waals surface area contributed by atoms with E-state index in [0.29, 0.717) is 28.6 Å². The Morgan fingerprint density at radius 3 is 2.54 bits per heavy atom. The normalized spacial score (nSPS) is 13.5. The summed E-state index contributed by atoms with van der Waals surface area (Å²) in [4.78, 5) is 14.4. The van der Waals surface area contributed by atoms with E-state index in [1.807, 2.05) is 19.9 Å². The van der Waals surface area contributed by atoms with E-state index in [9.17, 15) is 13.2 Å². The smallest absolute Gasteiger partial charge is 0.262 e. The van der Waals surface area contributed by atoms with Gasteiger partial charge in [0.25, 0.3) is 15.9 Å². The summed E-state index contributed by atoms with van der Waals surface area (Å²) in [5.41, 5.74) is 2.79. The molecule has 0 fully saturated rings. The summed E-state index contributed by atoms with van der Waals surface area (Å²) in [5.74, 6) is -0.0886. The number of sulfonamides is 1. The molecule has 0 saturated heterocycles. The molecule has 1 aliphatic rings. The van der Waals surface area contributed by atoms with Crippen LogP contribution in [0.4, 0.5) is 11.4 Å². The standard InChI is InChI=1S/C20H18N2O3S/c1-3-22-17-10-11-18(15-8-5-9-16(19(15)17)20(22)23)26(24,25)21-14-7-4-6-13(2)12-14/h4-12,21H,3H2,1-2H3. The molecule has 1 amide bonds. The molecule has 3 aromatic carbocycles. The second-order valence-corrected chi connectivity index (χ2v) is 7.99. The van der Waals surface area contributed by atoms with Crippen LogP contribution in [-0.2, 0) is 10.0 Å². The van der Waals surface area contributed by atoms with Gasteiger partial charge < -0.3 is 4.90 Å². The SMILES string of the molecule is CCN1C(=O)c2cccc3c(S(=O)(=O)Nc4cccc(C)c4)ccc1c23. The average molecular weight is 366 g/mol. The molecule has 0 atom stereocenters. The van der Waals surface area contributed by atoms with Crippen LogP contribution in [0.5, 0.6) is 0 Å². The van der Waals surface area contributed by atoms with Crippen molar-refractivity contribution >= 4 is 38.1 Å². The number of carbonyl (C=O) groups is 1. The number of nitrogens with zero attached hydrogens (tertiary/aromatic N) is 1. The molecule has 1 heterocycles. The summed E-state index contributed by atoms with van der Waals surface area (Å²) in [6.07, 6.45) is 0. The van der Waals surface area contributed by atoms with Crippen LogP contribution < -0.4 is 9.62 Å². The van der Waals surface area contributed by atoms with Gasteiger partial charge in [0.2, 0.25) is 0 Å². The first kappa shape index (κ1) is 16.6. The van der Waals surface area contributed by atoms with Crippen LogP contribution in [0.3, 0.4) is 0 Å². The Bertz CT molecular complexity index is 1150. The van der Waals surface area contributed by atoms with Gasteiger partial charge in [-0.3, -0.25) is 9.52 Å². The number of anilines is 2. The van der Waals surface area contributed by atoms with Crippen LogP contribution in [0.2, 0.25) is 0 Å². The highest BCUT2D eigenvalue weighted by Crippen LogP contribution is 2.40. The van der Waals surface area contributed by atoms with E-state index < -0.39 is 10.0 Å². The zero-order valence-corrected chi connectivity index (χ0v) is 15.3. The third kappa shape index (κ3) is 2.45. The van der Waals surface area contributed by atoms with Crippen LogP contribution >= 0.6 is 0 Å². The first-order valence-electron chi connectivity index (χ1n) is 8.39. The molecular formula is C20H18N2O3S. The molecule has 5 nitrogen and oxygen atoms in total. The van der Waals surface area contributed by atoms with Crippen LogP contribution in [0.25, 0.3) is 10.8 Å². The lowest BCUT2D eigenvalue weighted by molar-refractivity contribution is 0.0994. The van der Waals surface area contributed by atoms with Crippen molar-refractivity contribution in [3.63, 3.8) is 0 Å². The van der Waals surface area contributed by atoms with Crippen molar-refractivity contribution in [2.45, 2.75) is 18.7 Å². The van der Waals surface area contributed by atoms with Gasteiger partial charge >= 0.3 is 0 Å². The molecule has 1 aliphatic heterocycles. The minimum atomic E-state index is -3.78. The van der Waals surface area contributed by atoms with Gasteiger partial charge in [0, 0.05) is 28.6 Å². The second kappa shape index (κ2) is 5.85. The van der Waals surface area contributed by atoms with Crippen molar-refractivity contribution in [1.82, 2.24) is 0 Å². The van der Waals surface area contributed by atoms with Gasteiger partial charge in [-0.25, -0.2) is 8.42 Å². The number of nitrogens with one attached hydrogen (secondary N) is 1. The van der Waals surface area contributed by atoms with E-state index in [1.165, 1.54) is 0 Å². The van der Waals surface area contributed by atoms with Crippen LogP contribution in [0, 0.1) is 6.92 Å². The molecule has 26 heavy (non-hydrogen) atoms. The maximum atomic E-state index is 13.0. The van der Waals surface area contributed by atoms with E-state index in [-0.39, 0.29) is 10.8 Å². The highest BCUT2D eigenvalue weighted by Gasteiger charge is 2.31. The summed E-state index contributed by atoms with van der Waals surface area (Å²) in [7, 11) is -3.78. The van der Waals surface area contributed by atoms with E-state index >= 15 is 0 Å². The van der Waals surface area contributed by atoms with Crippen molar-refractivity contribution < 1.29 is 13.2 Å². The molecule has 6 heteroatoms.